The van der Waals surface area contributed by atoms with Crippen LogP contribution in [0.25, 0.3) is 6.08 Å². The maximum atomic E-state index is 14.2. The molecule has 4 rings (SSSR count). The van der Waals surface area contributed by atoms with Crippen LogP contribution in [0.4, 0.5) is 10.5 Å². The molecule has 0 bridgehead atoms. The molecule has 0 aliphatic carbocycles. The fourth-order valence-corrected chi connectivity index (χ4v) is 7.25. The van der Waals surface area contributed by atoms with E-state index in [4.69, 9.17) is 42.3 Å². The summed E-state index contributed by atoms with van der Waals surface area (Å²) in [7, 11) is 0.981. The fourth-order valence-electron chi connectivity index (χ4n) is 6.22. The molecule has 322 valence electrons. The minimum absolute atomic E-state index is 0.0270. The topological polar surface area (TPSA) is 120 Å². The Labute approximate surface area is 347 Å². The molecule has 0 spiro atoms. The zero-order valence-electron chi connectivity index (χ0n) is 37.1. The number of hydrogen-bond donors (Lipinski definition) is 0. The van der Waals surface area contributed by atoms with E-state index in [2.05, 4.69) is 33.9 Å². The molecular weight excluding hydrogens is 759 g/mol. The van der Waals surface area contributed by atoms with Gasteiger partial charge in [0.2, 0.25) is 0 Å². The van der Waals surface area contributed by atoms with Gasteiger partial charge in [0.1, 0.15) is 41.0 Å². The highest BCUT2D eigenvalue weighted by atomic mass is 28.4. The fraction of sp³-hybridized carbons (Fsp3) is 0.600. The SMILES string of the molecule is COCOc1cc(N(CCO[Si](C)(C)C(C)(C)C)C(=O)OC(C)(C)C)cc2c1C(=O)O[C@@H](C)[C@H](C)C=C[C@@H](OCc1ccc(OC)cc1)[C@H]1OC(C)(C)O[C@H]1CC=C2. The van der Waals surface area contributed by atoms with E-state index in [0.29, 0.717) is 24.3 Å². The Morgan fingerprint density at radius 2 is 1.67 bits per heavy atom. The van der Waals surface area contributed by atoms with E-state index in [-0.39, 0.29) is 42.2 Å². The Bertz CT molecular complexity index is 1740. The van der Waals surface area contributed by atoms with Gasteiger partial charge in [-0.25, -0.2) is 9.59 Å². The van der Waals surface area contributed by atoms with Gasteiger partial charge >= 0.3 is 12.1 Å². The van der Waals surface area contributed by atoms with Crippen LogP contribution in [0.5, 0.6) is 11.5 Å². The summed E-state index contributed by atoms with van der Waals surface area (Å²) in [6, 6.07) is 11.2. The lowest BCUT2D eigenvalue weighted by Gasteiger charge is -2.37. The highest BCUT2D eigenvalue weighted by molar-refractivity contribution is 6.74. The molecule has 58 heavy (non-hydrogen) atoms. The minimum atomic E-state index is -2.15. The third-order valence-electron chi connectivity index (χ3n) is 10.6. The summed E-state index contributed by atoms with van der Waals surface area (Å²) < 4.78 is 54.8. The molecule has 1 fully saturated rings. The van der Waals surface area contributed by atoms with Crippen LogP contribution in [0.15, 0.2) is 54.6 Å². The smallest absolute Gasteiger partial charge is 0.414 e. The van der Waals surface area contributed by atoms with Crippen molar-refractivity contribution >= 4 is 32.1 Å². The maximum absolute atomic E-state index is 14.2. The molecular formula is C45H67NO11Si. The van der Waals surface area contributed by atoms with Crippen LogP contribution in [-0.4, -0.2) is 90.3 Å². The molecule has 12 nitrogen and oxygen atoms in total. The normalized spacial score (nSPS) is 22.7. The quantitative estimate of drug-likeness (QED) is 0.0881. The lowest BCUT2D eigenvalue weighted by atomic mass is 9.98. The summed E-state index contributed by atoms with van der Waals surface area (Å²) >= 11 is 0. The van der Waals surface area contributed by atoms with Crippen molar-refractivity contribution in [3.05, 3.63) is 71.3 Å². The first-order valence-corrected chi connectivity index (χ1v) is 23.0. The van der Waals surface area contributed by atoms with E-state index in [0.717, 1.165) is 11.3 Å². The molecule has 0 unspecified atom stereocenters. The number of nitrogens with zero attached hydrogens (tertiary/aromatic N) is 1. The number of fused-ring (bicyclic) bond motifs is 2. The summed E-state index contributed by atoms with van der Waals surface area (Å²) in [5.41, 5.74) is 1.33. The van der Waals surface area contributed by atoms with Crippen LogP contribution in [0.3, 0.4) is 0 Å². The van der Waals surface area contributed by atoms with Gasteiger partial charge in [-0.05, 0) is 95.4 Å². The first-order chi connectivity index (χ1) is 27.0. The van der Waals surface area contributed by atoms with E-state index in [1.165, 1.54) is 12.0 Å². The summed E-state index contributed by atoms with van der Waals surface area (Å²) in [6.07, 6.45) is 5.68. The van der Waals surface area contributed by atoms with Crippen molar-refractivity contribution in [3.8, 4) is 11.5 Å². The highest BCUT2D eigenvalue weighted by Crippen LogP contribution is 2.38. The van der Waals surface area contributed by atoms with Gasteiger partial charge in [0.05, 0.1) is 38.7 Å². The van der Waals surface area contributed by atoms with Gasteiger partial charge < -0.3 is 42.3 Å². The summed E-state index contributed by atoms with van der Waals surface area (Å²) in [6.45, 7) is 24.6. The summed E-state index contributed by atoms with van der Waals surface area (Å²) in [5.74, 6) is -0.717. The van der Waals surface area contributed by atoms with Crippen LogP contribution < -0.4 is 14.4 Å². The average molecular weight is 826 g/mol. The Morgan fingerprint density at radius 3 is 2.29 bits per heavy atom. The second-order valence-corrected chi connectivity index (χ2v) is 22.8. The molecule has 1 amide bonds. The molecule has 13 heteroatoms. The number of carbonyl (C=O) groups is 2. The van der Waals surface area contributed by atoms with Gasteiger partial charge in [-0.3, -0.25) is 4.90 Å². The zero-order valence-corrected chi connectivity index (χ0v) is 38.1. The molecule has 2 aromatic carbocycles. The number of methoxy groups -OCH3 is 2. The van der Waals surface area contributed by atoms with Crippen molar-refractivity contribution < 1.29 is 51.9 Å². The molecule has 2 heterocycles. The molecule has 1 saturated heterocycles. The third kappa shape index (κ3) is 12.9. The molecule has 5 atom stereocenters. The molecule has 2 aromatic rings. The second-order valence-electron chi connectivity index (χ2n) is 18.0. The van der Waals surface area contributed by atoms with Gasteiger partial charge in [-0.15, -0.1) is 0 Å². The predicted molar refractivity (Wildman–Crippen MR) is 228 cm³/mol. The second kappa shape index (κ2) is 19.6. The number of benzene rings is 2. The van der Waals surface area contributed by atoms with Gasteiger partial charge in [0.15, 0.2) is 20.9 Å². The van der Waals surface area contributed by atoms with Crippen LogP contribution in [-0.2, 0) is 39.5 Å². The molecule has 2 aliphatic rings. The Kier molecular flexibility index (Phi) is 15.8. The third-order valence-corrected chi connectivity index (χ3v) is 15.2. The minimum Gasteiger partial charge on any atom is -0.497 e. The van der Waals surface area contributed by atoms with Crippen molar-refractivity contribution in [2.45, 2.75) is 136 Å². The van der Waals surface area contributed by atoms with Crippen LogP contribution in [0.2, 0.25) is 18.1 Å². The lowest BCUT2D eigenvalue weighted by Crippen LogP contribution is -2.44. The highest BCUT2D eigenvalue weighted by Gasteiger charge is 2.45. The predicted octanol–water partition coefficient (Wildman–Crippen LogP) is 9.70. The van der Waals surface area contributed by atoms with Crippen LogP contribution in [0.1, 0.15) is 97.1 Å². The van der Waals surface area contributed by atoms with E-state index in [1.807, 2.05) is 97.0 Å². The number of rotatable bonds is 12. The number of esters is 1. The largest absolute Gasteiger partial charge is 0.497 e. The lowest BCUT2D eigenvalue weighted by molar-refractivity contribution is -0.156. The van der Waals surface area contributed by atoms with Crippen LogP contribution in [0, 0.1) is 5.92 Å². The number of hydrogen-bond acceptors (Lipinski definition) is 11. The first-order valence-electron chi connectivity index (χ1n) is 20.1. The van der Waals surface area contributed by atoms with Crippen molar-refractivity contribution in [2.24, 2.45) is 5.92 Å². The molecule has 0 radical (unpaired) electrons. The molecule has 0 aromatic heterocycles. The Morgan fingerprint density at radius 1 is 0.983 bits per heavy atom. The van der Waals surface area contributed by atoms with Gasteiger partial charge in [0.25, 0.3) is 0 Å². The summed E-state index contributed by atoms with van der Waals surface area (Å²) in [5, 5.41) is -0.0270. The molecule has 2 aliphatic heterocycles. The average Bonchev–Trinajstić information content (AvgIpc) is 3.44. The monoisotopic (exact) mass is 825 g/mol. The van der Waals surface area contributed by atoms with Crippen molar-refractivity contribution in [3.63, 3.8) is 0 Å². The van der Waals surface area contributed by atoms with E-state index >= 15 is 0 Å². The number of amides is 1. The number of carbonyl (C=O) groups excluding carboxylic acids is 2. The number of ether oxygens (including phenoxy) is 8. The van der Waals surface area contributed by atoms with Crippen LogP contribution >= 0.6 is 0 Å². The van der Waals surface area contributed by atoms with Gasteiger partial charge in [0, 0.05) is 19.1 Å². The first kappa shape index (κ1) is 47.0. The van der Waals surface area contributed by atoms with Gasteiger partial charge in [-0.1, -0.05) is 64.1 Å². The molecule has 0 saturated carbocycles. The zero-order chi connectivity index (χ0) is 43.1. The number of cyclic esters (lactones) is 1. The van der Waals surface area contributed by atoms with Crippen molar-refractivity contribution in [1.29, 1.82) is 0 Å². The van der Waals surface area contributed by atoms with Gasteiger partial charge in [-0.2, -0.15) is 0 Å². The van der Waals surface area contributed by atoms with E-state index < -0.39 is 56.2 Å². The van der Waals surface area contributed by atoms with E-state index in [9.17, 15) is 9.59 Å². The van der Waals surface area contributed by atoms with Crippen molar-refractivity contribution in [1.82, 2.24) is 0 Å². The maximum Gasteiger partial charge on any atom is 0.414 e. The Balaban J connectivity index is 1.79. The van der Waals surface area contributed by atoms with E-state index in [1.54, 1.807) is 19.2 Å². The summed E-state index contributed by atoms with van der Waals surface area (Å²) in [4.78, 5) is 29.7. The van der Waals surface area contributed by atoms with Crippen molar-refractivity contribution in [2.75, 3.05) is 39.1 Å². The molecule has 0 N–H and O–H groups in total. The standard InChI is InChI=1S/C45H67NO11Si/c1-30-18-23-36(51-28-32-19-21-35(50-12)22-20-32)40-37(55-45(9,10)56-40)17-15-16-33-26-34(27-38(52-29-49-11)39(33)41(47)54-31(30)2)46(42(48)57-43(3,4)5)24-25-53-58(13,14)44(6,7)8/h15-16,18-23,26-27,30-31,36-37,40H,17,24-25,28-29H2,1-14H3/t30-,31+,36-,37+,40-/m1/s1. The number of anilines is 1. The Hall–Kier alpha value is -3.72.